The standard InChI is InChI=1S/C22H23NO5/c1-2-28-22(27)15-8-7-13-23(14-15)20(24)18-11-5-3-9-16(18)17-10-4-6-12-19(17)21(25)26/h3-6,9-12,15H,2,7-8,13-14H2,1H3,(H,25,26)/t15-/m0/s1. The van der Waals surface area contributed by atoms with E-state index in [1.54, 1.807) is 54.3 Å². The Morgan fingerprint density at radius 2 is 1.64 bits per heavy atom. The highest BCUT2D eigenvalue weighted by Gasteiger charge is 2.31. The van der Waals surface area contributed by atoms with Crippen molar-refractivity contribution in [2.24, 2.45) is 5.92 Å². The van der Waals surface area contributed by atoms with Crippen LogP contribution < -0.4 is 0 Å². The minimum absolute atomic E-state index is 0.144. The van der Waals surface area contributed by atoms with Crippen LogP contribution in [0.2, 0.25) is 0 Å². The average Bonchev–Trinajstić information content (AvgIpc) is 2.73. The molecule has 1 aliphatic heterocycles. The van der Waals surface area contributed by atoms with Crippen molar-refractivity contribution in [1.29, 1.82) is 0 Å². The van der Waals surface area contributed by atoms with Crippen molar-refractivity contribution in [2.75, 3.05) is 19.7 Å². The number of aromatic carboxylic acids is 1. The zero-order valence-electron chi connectivity index (χ0n) is 15.8. The van der Waals surface area contributed by atoms with Crippen molar-refractivity contribution in [1.82, 2.24) is 4.90 Å². The van der Waals surface area contributed by atoms with E-state index in [1.807, 2.05) is 0 Å². The van der Waals surface area contributed by atoms with Gasteiger partial charge >= 0.3 is 11.9 Å². The Morgan fingerprint density at radius 3 is 2.29 bits per heavy atom. The molecule has 1 N–H and O–H groups in total. The van der Waals surface area contributed by atoms with Crippen molar-refractivity contribution in [2.45, 2.75) is 19.8 Å². The Kier molecular flexibility index (Phi) is 6.09. The van der Waals surface area contributed by atoms with E-state index in [9.17, 15) is 19.5 Å². The fourth-order valence-electron chi connectivity index (χ4n) is 3.59. The van der Waals surface area contributed by atoms with Crippen molar-refractivity contribution in [3.8, 4) is 11.1 Å². The summed E-state index contributed by atoms with van der Waals surface area (Å²) in [6.07, 6.45) is 1.43. The SMILES string of the molecule is CCOC(=O)[C@H]1CCCN(C(=O)c2ccccc2-c2ccccc2C(=O)O)C1. The number of hydrogen-bond donors (Lipinski definition) is 1. The second kappa shape index (κ2) is 8.69. The molecule has 146 valence electrons. The molecule has 1 fully saturated rings. The van der Waals surface area contributed by atoms with Crippen LogP contribution in [0.1, 0.15) is 40.5 Å². The maximum Gasteiger partial charge on any atom is 0.336 e. The van der Waals surface area contributed by atoms with E-state index in [0.29, 0.717) is 42.8 Å². The molecule has 3 rings (SSSR count). The van der Waals surface area contributed by atoms with Crippen molar-refractivity contribution >= 4 is 17.8 Å². The molecule has 28 heavy (non-hydrogen) atoms. The summed E-state index contributed by atoms with van der Waals surface area (Å²) in [6.45, 7) is 2.95. The van der Waals surface area contributed by atoms with Crippen LogP contribution in [0, 0.1) is 5.92 Å². The zero-order chi connectivity index (χ0) is 20.1. The molecule has 0 saturated carbocycles. The highest BCUT2D eigenvalue weighted by atomic mass is 16.5. The summed E-state index contributed by atoms with van der Waals surface area (Å²) in [6, 6.07) is 13.6. The Morgan fingerprint density at radius 1 is 1.04 bits per heavy atom. The monoisotopic (exact) mass is 381 g/mol. The summed E-state index contributed by atoms with van der Waals surface area (Å²) < 4.78 is 5.11. The predicted molar refractivity (Wildman–Crippen MR) is 104 cm³/mol. The predicted octanol–water partition coefficient (Wildman–Crippen LogP) is 3.47. The molecule has 2 aromatic rings. The first-order chi connectivity index (χ1) is 13.5. The van der Waals surface area contributed by atoms with Crippen molar-refractivity contribution in [3.05, 3.63) is 59.7 Å². The minimum atomic E-state index is -1.04. The van der Waals surface area contributed by atoms with Crippen LogP contribution in [-0.4, -0.2) is 47.5 Å². The van der Waals surface area contributed by atoms with Gasteiger partial charge in [0.2, 0.25) is 0 Å². The Balaban J connectivity index is 1.92. The molecule has 1 saturated heterocycles. The van der Waals surface area contributed by atoms with Crippen molar-refractivity contribution < 1.29 is 24.2 Å². The lowest BCUT2D eigenvalue weighted by atomic mass is 9.93. The fraction of sp³-hybridized carbons (Fsp3) is 0.318. The van der Waals surface area contributed by atoms with Gasteiger partial charge in [-0.15, -0.1) is 0 Å². The number of piperidine rings is 1. The maximum absolute atomic E-state index is 13.2. The molecular weight excluding hydrogens is 358 g/mol. The molecule has 0 bridgehead atoms. The van der Waals surface area contributed by atoms with Crippen LogP contribution in [-0.2, 0) is 9.53 Å². The van der Waals surface area contributed by atoms with E-state index in [-0.39, 0.29) is 23.4 Å². The number of amides is 1. The lowest BCUT2D eigenvalue weighted by molar-refractivity contribution is -0.149. The fourth-order valence-corrected chi connectivity index (χ4v) is 3.59. The first kappa shape index (κ1) is 19.6. The Labute approximate surface area is 163 Å². The number of hydrogen-bond acceptors (Lipinski definition) is 4. The number of carbonyl (C=O) groups is 3. The second-order valence-electron chi connectivity index (χ2n) is 6.74. The first-order valence-electron chi connectivity index (χ1n) is 9.40. The summed E-state index contributed by atoms with van der Waals surface area (Å²) in [5.41, 5.74) is 1.65. The van der Waals surface area contributed by atoms with E-state index in [4.69, 9.17) is 4.74 Å². The first-order valence-corrected chi connectivity index (χ1v) is 9.40. The lowest BCUT2D eigenvalue weighted by Crippen LogP contribution is -2.43. The number of carboxylic acids is 1. The smallest absolute Gasteiger partial charge is 0.336 e. The van der Waals surface area contributed by atoms with Gasteiger partial charge in [0.25, 0.3) is 5.91 Å². The van der Waals surface area contributed by atoms with Crippen LogP contribution in [0.4, 0.5) is 0 Å². The van der Waals surface area contributed by atoms with Gasteiger partial charge in [-0.05, 0) is 43.0 Å². The van der Waals surface area contributed by atoms with Gasteiger partial charge in [0, 0.05) is 18.7 Å². The van der Waals surface area contributed by atoms with E-state index >= 15 is 0 Å². The molecule has 1 atom stereocenters. The van der Waals surface area contributed by atoms with Gasteiger partial charge in [-0.1, -0.05) is 36.4 Å². The molecule has 0 unspecified atom stereocenters. The summed E-state index contributed by atoms with van der Waals surface area (Å²) in [5.74, 6) is -1.84. The number of carbonyl (C=O) groups excluding carboxylic acids is 2. The average molecular weight is 381 g/mol. The van der Waals surface area contributed by atoms with Gasteiger partial charge in [-0.3, -0.25) is 9.59 Å². The molecule has 0 aliphatic carbocycles. The summed E-state index contributed by atoms with van der Waals surface area (Å²) >= 11 is 0. The quantitative estimate of drug-likeness (QED) is 0.802. The number of benzene rings is 2. The number of rotatable bonds is 5. The van der Waals surface area contributed by atoms with E-state index < -0.39 is 5.97 Å². The highest BCUT2D eigenvalue weighted by molar-refractivity contribution is 6.04. The molecule has 6 nitrogen and oxygen atoms in total. The molecule has 2 aromatic carbocycles. The third-order valence-corrected chi connectivity index (χ3v) is 4.93. The van der Waals surface area contributed by atoms with Crippen LogP contribution in [0.3, 0.4) is 0 Å². The summed E-state index contributed by atoms with van der Waals surface area (Å²) in [7, 11) is 0. The zero-order valence-corrected chi connectivity index (χ0v) is 15.8. The normalized spacial score (nSPS) is 16.5. The van der Waals surface area contributed by atoms with Gasteiger partial charge < -0.3 is 14.7 Å². The van der Waals surface area contributed by atoms with E-state index in [0.717, 1.165) is 6.42 Å². The van der Waals surface area contributed by atoms with Gasteiger partial charge in [-0.25, -0.2) is 4.79 Å². The maximum atomic E-state index is 13.2. The third-order valence-electron chi connectivity index (χ3n) is 4.93. The molecule has 1 amide bonds. The van der Waals surface area contributed by atoms with Crippen LogP contribution >= 0.6 is 0 Å². The molecular formula is C22H23NO5. The highest BCUT2D eigenvalue weighted by Crippen LogP contribution is 2.29. The van der Waals surface area contributed by atoms with Crippen LogP contribution in [0.25, 0.3) is 11.1 Å². The topological polar surface area (TPSA) is 83.9 Å². The van der Waals surface area contributed by atoms with E-state index in [2.05, 4.69) is 0 Å². The molecule has 0 radical (unpaired) electrons. The molecule has 0 spiro atoms. The number of ether oxygens (including phenoxy) is 1. The number of likely N-dealkylation sites (tertiary alicyclic amines) is 1. The van der Waals surface area contributed by atoms with Gasteiger partial charge in [-0.2, -0.15) is 0 Å². The van der Waals surface area contributed by atoms with Gasteiger partial charge in [0.1, 0.15) is 0 Å². The molecule has 1 aliphatic rings. The number of carboxylic acid groups (broad SMARTS) is 1. The van der Waals surface area contributed by atoms with Crippen molar-refractivity contribution in [3.63, 3.8) is 0 Å². The second-order valence-corrected chi connectivity index (χ2v) is 6.74. The summed E-state index contributed by atoms with van der Waals surface area (Å²) in [5, 5.41) is 9.50. The van der Waals surface area contributed by atoms with Gasteiger partial charge in [0.15, 0.2) is 0 Å². The Bertz CT molecular complexity index is 892. The Hall–Kier alpha value is -3.15. The number of nitrogens with zero attached hydrogens (tertiary/aromatic N) is 1. The molecule has 1 heterocycles. The molecule has 6 heteroatoms. The lowest BCUT2D eigenvalue weighted by Gasteiger charge is -2.32. The van der Waals surface area contributed by atoms with Crippen LogP contribution in [0.15, 0.2) is 48.5 Å². The number of esters is 1. The largest absolute Gasteiger partial charge is 0.478 e. The molecule has 0 aromatic heterocycles. The van der Waals surface area contributed by atoms with Gasteiger partial charge in [0.05, 0.1) is 18.1 Å². The minimum Gasteiger partial charge on any atom is -0.478 e. The van der Waals surface area contributed by atoms with E-state index in [1.165, 1.54) is 6.07 Å². The van der Waals surface area contributed by atoms with Crippen LogP contribution in [0.5, 0.6) is 0 Å². The third kappa shape index (κ3) is 4.06. The summed E-state index contributed by atoms with van der Waals surface area (Å²) in [4.78, 5) is 38.6.